The maximum Gasteiger partial charge on any atom is 0.586 e. The fourth-order valence-electron chi connectivity index (χ4n) is 3.01. The van der Waals surface area contributed by atoms with Crippen LogP contribution in [-0.4, -0.2) is 27.5 Å². The predicted molar refractivity (Wildman–Crippen MR) is 105 cm³/mol. The maximum atomic E-state index is 13.1. The number of benzene rings is 2. The Kier molecular flexibility index (Phi) is 4.91. The molecule has 29 heavy (non-hydrogen) atoms. The average molecular weight is 417 g/mol. The van der Waals surface area contributed by atoms with Crippen LogP contribution in [0.25, 0.3) is 5.69 Å². The summed E-state index contributed by atoms with van der Waals surface area (Å²) in [5.74, 6) is -0.383. The molecule has 0 radical (unpaired) electrons. The number of imidazole rings is 1. The number of nitrogens with zero attached hydrogens (tertiary/aromatic N) is 2. The number of hydrogen-bond donors (Lipinski definition) is 1. The van der Waals surface area contributed by atoms with Gasteiger partial charge < -0.3 is 14.8 Å². The van der Waals surface area contributed by atoms with Crippen molar-refractivity contribution in [3.63, 3.8) is 0 Å². The molecule has 0 saturated carbocycles. The number of rotatable bonds is 5. The van der Waals surface area contributed by atoms with Crippen LogP contribution in [0, 0.1) is 13.8 Å². The Hall–Kier alpha value is -3.07. The lowest BCUT2D eigenvalue weighted by Gasteiger charge is -2.11. The topological polar surface area (TPSA) is 65.4 Å². The summed E-state index contributed by atoms with van der Waals surface area (Å²) in [6.45, 7) is 4.05. The summed E-state index contributed by atoms with van der Waals surface area (Å²) in [5.41, 5.74) is 3.61. The highest BCUT2D eigenvalue weighted by molar-refractivity contribution is 7.99. The minimum atomic E-state index is -3.69. The van der Waals surface area contributed by atoms with Crippen molar-refractivity contribution in [3.8, 4) is 17.2 Å². The molecule has 3 aromatic rings. The summed E-state index contributed by atoms with van der Waals surface area (Å²) in [6, 6.07) is 10.2. The van der Waals surface area contributed by atoms with Crippen molar-refractivity contribution in [2.45, 2.75) is 25.3 Å². The molecule has 0 spiro atoms. The molecule has 1 aromatic heterocycles. The average Bonchev–Trinajstić information content (AvgIpc) is 3.22. The third-order valence-corrected chi connectivity index (χ3v) is 5.20. The Labute approximate surface area is 169 Å². The van der Waals surface area contributed by atoms with Gasteiger partial charge in [-0.25, -0.2) is 4.98 Å². The largest absolute Gasteiger partial charge is 0.586 e. The lowest BCUT2D eigenvalue weighted by atomic mass is 10.1. The number of thioether (sulfide) groups is 1. The molecule has 150 valence electrons. The smallest absolute Gasteiger partial charge is 0.395 e. The molecule has 1 N–H and O–H groups in total. The molecule has 0 fully saturated rings. The van der Waals surface area contributed by atoms with Crippen molar-refractivity contribution in [2.24, 2.45) is 0 Å². The number of anilines is 1. The zero-order valence-corrected chi connectivity index (χ0v) is 16.4. The highest BCUT2D eigenvalue weighted by Gasteiger charge is 2.43. The van der Waals surface area contributed by atoms with Gasteiger partial charge in [-0.15, -0.1) is 8.78 Å². The summed E-state index contributed by atoms with van der Waals surface area (Å²) in [7, 11) is 0. The number of ether oxygens (including phenoxy) is 2. The molecule has 0 saturated heterocycles. The number of carbonyl (C=O) groups is 1. The molecule has 0 aliphatic carbocycles. The zero-order valence-electron chi connectivity index (χ0n) is 15.6. The Morgan fingerprint density at radius 2 is 1.97 bits per heavy atom. The second-order valence-corrected chi connectivity index (χ2v) is 7.48. The van der Waals surface area contributed by atoms with Crippen LogP contribution in [0.5, 0.6) is 11.5 Å². The first kappa shape index (κ1) is 19.3. The standard InChI is InChI=1S/C20H17F2N3O3S/c1-12-3-5-15(13(2)9-12)25-8-7-23-19(25)29-11-18(26)24-14-4-6-16-17(10-14)28-20(21,22)27-16/h3-10H,11H2,1-2H3,(H,24,26). The number of aryl methyl sites for hydroxylation is 2. The van der Waals surface area contributed by atoms with E-state index in [2.05, 4.69) is 25.8 Å². The van der Waals surface area contributed by atoms with Crippen LogP contribution >= 0.6 is 11.8 Å². The van der Waals surface area contributed by atoms with Crippen molar-refractivity contribution >= 4 is 23.4 Å². The van der Waals surface area contributed by atoms with Gasteiger partial charge in [0.25, 0.3) is 0 Å². The van der Waals surface area contributed by atoms with Gasteiger partial charge in [0.15, 0.2) is 16.7 Å². The first-order valence-electron chi connectivity index (χ1n) is 8.74. The summed E-state index contributed by atoms with van der Waals surface area (Å²) in [6.07, 6.45) is -0.167. The third kappa shape index (κ3) is 4.19. The predicted octanol–water partition coefficient (Wildman–Crippen LogP) is 4.54. The molecule has 4 rings (SSSR count). The van der Waals surface area contributed by atoms with Crippen LogP contribution in [0.1, 0.15) is 11.1 Å². The number of amides is 1. The molecule has 1 amide bonds. The van der Waals surface area contributed by atoms with Gasteiger partial charge in [0, 0.05) is 24.1 Å². The molecule has 2 aromatic carbocycles. The van der Waals surface area contributed by atoms with E-state index in [0.717, 1.165) is 11.3 Å². The summed E-state index contributed by atoms with van der Waals surface area (Å²) >= 11 is 1.28. The third-order valence-electron chi connectivity index (χ3n) is 4.24. The second kappa shape index (κ2) is 7.40. The molecular weight excluding hydrogens is 400 g/mol. The van der Waals surface area contributed by atoms with Gasteiger partial charge >= 0.3 is 6.29 Å². The number of nitrogens with one attached hydrogen (secondary N) is 1. The van der Waals surface area contributed by atoms with Gasteiger partial charge in [-0.3, -0.25) is 9.36 Å². The van der Waals surface area contributed by atoms with Gasteiger partial charge in [-0.2, -0.15) is 0 Å². The van der Waals surface area contributed by atoms with Crippen LogP contribution in [0.2, 0.25) is 0 Å². The van der Waals surface area contributed by atoms with E-state index in [0.29, 0.717) is 10.8 Å². The molecule has 2 heterocycles. The Morgan fingerprint density at radius 1 is 1.17 bits per heavy atom. The molecule has 0 bridgehead atoms. The van der Waals surface area contributed by atoms with E-state index < -0.39 is 6.29 Å². The minimum Gasteiger partial charge on any atom is -0.395 e. The number of carbonyl (C=O) groups excluding carboxylic acids is 1. The van der Waals surface area contributed by atoms with Crippen LogP contribution < -0.4 is 14.8 Å². The van der Waals surface area contributed by atoms with Crippen molar-refractivity contribution in [3.05, 3.63) is 59.9 Å². The lowest BCUT2D eigenvalue weighted by molar-refractivity contribution is -0.286. The van der Waals surface area contributed by atoms with E-state index >= 15 is 0 Å². The van der Waals surface area contributed by atoms with E-state index in [1.807, 2.05) is 36.7 Å². The first-order valence-corrected chi connectivity index (χ1v) is 9.73. The van der Waals surface area contributed by atoms with E-state index in [1.54, 1.807) is 6.20 Å². The monoisotopic (exact) mass is 417 g/mol. The molecule has 1 aliphatic rings. The number of halogens is 2. The van der Waals surface area contributed by atoms with E-state index in [4.69, 9.17) is 0 Å². The van der Waals surface area contributed by atoms with Crippen LogP contribution in [0.4, 0.5) is 14.5 Å². The van der Waals surface area contributed by atoms with Crippen molar-refractivity contribution in [2.75, 3.05) is 11.1 Å². The Morgan fingerprint density at radius 3 is 2.76 bits per heavy atom. The van der Waals surface area contributed by atoms with E-state index in [-0.39, 0.29) is 23.2 Å². The van der Waals surface area contributed by atoms with Crippen LogP contribution in [0.15, 0.2) is 53.9 Å². The molecular formula is C20H17F2N3O3S. The molecule has 0 unspecified atom stereocenters. The highest BCUT2D eigenvalue weighted by Crippen LogP contribution is 2.42. The fraction of sp³-hybridized carbons (Fsp3) is 0.200. The van der Waals surface area contributed by atoms with Crippen molar-refractivity contribution < 1.29 is 23.0 Å². The molecule has 0 atom stereocenters. The molecule has 9 heteroatoms. The minimum absolute atomic E-state index is 0.0714. The number of fused-ring (bicyclic) bond motifs is 1. The first-order chi connectivity index (χ1) is 13.8. The lowest BCUT2D eigenvalue weighted by Crippen LogP contribution is -2.25. The van der Waals surface area contributed by atoms with Gasteiger partial charge in [-0.05, 0) is 37.6 Å². The van der Waals surface area contributed by atoms with Crippen molar-refractivity contribution in [1.82, 2.24) is 9.55 Å². The number of aromatic nitrogens is 2. The van der Waals surface area contributed by atoms with Gasteiger partial charge in [0.2, 0.25) is 5.91 Å². The van der Waals surface area contributed by atoms with Gasteiger partial charge in [0.1, 0.15) is 0 Å². The number of hydrogen-bond acceptors (Lipinski definition) is 5. The number of alkyl halides is 2. The summed E-state index contributed by atoms with van der Waals surface area (Å²) < 4.78 is 36.8. The summed E-state index contributed by atoms with van der Waals surface area (Å²) in [5, 5.41) is 3.34. The van der Waals surface area contributed by atoms with Crippen LogP contribution in [-0.2, 0) is 4.79 Å². The van der Waals surface area contributed by atoms with Crippen molar-refractivity contribution in [1.29, 1.82) is 0 Å². The maximum absolute atomic E-state index is 13.1. The molecule has 6 nitrogen and oxygen atoms in total. The normalized spacial score (nSPS) is 14.1. The Bertz CT molecular complexity index is 1080. The fourth-order valence-corrected chi connectivity index (χ4v) is 3.78. The quantitative estimate of drug-likeness (QED) is 0.618. The summed E-state index contributed by atoms with van der Waals surface area (Å²) in [4.78, 5) is 16.6. The SMILES string of the molecule is Cc1ccc(-n2ccnc2SCC(=O)Nc2ccc3c(c2)OC(F)(F)O3)c(C)c1. The van der Waals surface area contributed by atoms with E-state index in [1.165, 1.54) is 35.5 Å². The van der Waals surface area contributed by atoms with Gasteiger partial charge in [0.05, 0.1) is 11.4 Å². The van der Waals surface area contributed by atoms with E-state index in [9.17, 15) is 13.6 Å². The highest BCUT2D eigenvalue weighted by atomic mass is 32.2. The Balaban J connectivity index is 1.41. The molecule has 1 aliphatic heterocycles. The second-order valence-electron chi connectivity index (χ2n) is 6.54. The van der Waals surface area contributed by atoms with Gasteiger partial charge in [-0.1, -0.05) is 29.5 Å². The zero-order chi connectivity index (χ0) is 20.6. The van der Waals surface area contributed by atoms with Crippen LogP contribution in [0.3, 0.4) is 0 Å².